The van der Waals surface area contributed by atoms with E-state index >= 15 is 0 Å². The van der Waals surface area contributed by atoms with Gasteiger partial charge in [-0.25, -0.2) is 4.68 Å². The average molecular weight is 403 g/mol. The van der Waals surface area contributed by atoms with Crippen molar-refractivity contribution in [2.45, 2.75) is 26.8 Å². The number of rotatable bonds is 6. The molecule has 0 aliphatic carbocycles. The maximum Gasteiger partial charge on any atom is 0.282 e. The van der Waals surface area contributed by atoms with Crippen molar-refractivity contribution < 1.29 is 9.32 Å². The quantitative estimate of drug-likeness (QED) is 0.507. The van der Waals surface area contributed by atoms with Crippen molar-refractivity contribution in [2.75, 3.05) is 11.1 Å². The molecule has 2 heterocycles. The van der Waals surface area contributed by atoms with E-state index in [0.29, 0.717) is 5.82 Å². The lowest BCUT2D eigenvalue weighted by Crippen LogP contribution is -2.21. The van der Waals surface area contributed by atoms with E-state index in [9.17, 15) is 4.79 Å². The maximum absolute atomic E-state index is 12.6. The van der Waals surface area contributed by atoms with E-state index in [1.54, 1.807) is 0 Å². The number of aromatic nitrogens is 5. The largest absolute Gasteiger partial charge is 0.382 e. The van der Waals surface area contributed by atoms with Crippen molar-refractivity contribution in [1.82, 2.24) is 25.1 Å². The Kier molecular flexibility index (Phi) is 5.25. The molecule has 30 heavy (non-hydrogen) atoms. The summed E-state index contributed by atoms with van der Waals surface area (Å²) in [5.74, 6) is 0.487. The normalized spacial score (nSPS) is 10.9. The van der Waals surface area contributed by atoms with Crippen LogP contribution in [-0.2, 0) is 17.8 Å². The second-order valence-corrected chi connectivity index (χ2v) is 6.78. The van der Waals surface area contributed by atoms with Crippen LogP contribution in [0.2, 0.25) is 0 Å². The highest BCUT2D eigenvalue weighted by Crippen LogP contribution is 2.25. The lowest BCUT2D eigenvalue weighted by atomic mass is 10.1. The van der Waals surface area contributed by atoms with Crippen molar-refractivity contribution >= 4 is 17.4 Å². The molecule has 0 aliphatic rings. The smallest absolute Gasteiger partial charge is 0.282 e. The Balaban J connectivity index is 1.52. The topological polar surface area (TPSA) is 125 Å². The van der Waals surface area contributed by atoms with E-state index in [1.807, 2.05) is 62.4 Å². The molecule has 152 valence electrons. The third-order valence-corrected chi connectivity index (χ3v) is 4.73. The van der Waals surface area contributed by atoms with Crippen LogP contribution >= 0.6 is 0 Å². The highest BCUT2D eigenvalue weighted by atomic mass is 16.5. The molecule has 0 saturated carbocycles. The Morgan fingerprint density at radius 2 is 1.97 bits per heavy atom. The fourth-order valence-electron chi connectivity index (χ4n) is 3.13. The number of nitrogens with two attached hydrogens (primary N) is 1. The number of amides is 1. The summed E-state index contributed by atoms with van der Waals surface area (Å²) in [4.78, 5) is 16.9. The second-order valence-electron chi connectivity index (χ2n) is 6.78. The molecular weight excluding hydrogens is 382 g/mol. The molecular formula is C21H21N7O2. The number of anilines is 2. The number of para-hydroxylation sites is 1. The Bertz CT molecular complexity index is 1180. The minimum absolute atomic E-state index is 0.0873. The molecule has 3 N–H and O–H groups in total. The average Bonchev–Trinajstić information content (AvgIpc) is 3.37. The Morgan fingerprint density at radius 3 is 2.73 bits per heavy atom. The van der Waals surface area contributed by atoms with Crippen molar-refractivity contribution in [3.63, 3.8) is 0 Å². The van der Waals surface area contributed by atoms with Gasteiger partial charge in [0.1, 0.15) is 6.54 Å². The predicted molar refractivity (Wildman–Crippen MR) is 112 cm³/mol. The van der Waals surface area contributed by atoms with Crippen LogP contribution in [0.1, 0.15) is 18.1 Å². The predicted octanol–water partition coefficient (Wildman–Crippen LogP) is 3.09. The number of nitrogens with zero attached hydrogens (tertiary/aromatic N) is 5. The van der Waals surface area contributed by atoms with Crippen molar-refractivity contribution in [3.8, 4) is 23.0 Å². The Labute approximate surface area is 172 Å². The zero-order valence-electron chi connectivity index (χ0n) is 16.7. The van der Waals surface area contributed by atoms with Crippen LogP contribution in [0.5, 0.6) is 0 Å². The molecule has 0 spiro atoms. The molecule has 9 heteroatoms. The molecule has 4 aromatic rings. The number of carbonyl (C=O) groups is 1. The van der Waals surface area contributed by atoms with Gasteiger partial charge in [-0.05, 0) is 24.5 Å². The van der Waals surface area contributed by atoms with Gasteiger partial charge in [-0.15, -0.1) is 5.10 Å². The molecule has 0 atom stereocenters. The summed E-state index contributed by atoms with van der Waals surface area (Å²) in [6, 6.07) is 15.3. The van der Waals surface area contributed by atoms with Crippen molar-refractivity contribution in [3.05, 3.63) is 59.7 Å². The van der Waals surface area contributed by atoms with Crippen LogP contribution in [0.3, 0.4) is 0 Å². The molecule has 2 aromatic carbocycles. The maximum atomic E-state index is 12.6. The number of nitrogens with one attached hydrogen (secondary N) is 1. The summed E-state index contributed by atoms with van der Waals surface area (Å²) in [6.07, 6.45) is 0.813. The van der Waals surface area contributed by atoms with Gasteiger partial charge in [-0.3, -0.25) is 4.79 Å². The summed E-state index contributed by atoms with van der Waals surface area (Å²) in [6.45, 7) is 3.91. The van der Waals surface area contributed by atoms with Gasteiger partial charge < -0.3 is 15.6 Å². The minimum Gasteiger partial charge on any atom is -0.382 e. The van der Waals surface area contributed by atoms with Crippen molar-refractivity contribution in [1.29, 1.82) is 0 Å². The van der Waals surface area contributed by atoms with Gasteiger partial charge in [-0.1, -0.05) is 65.8 Å². The molecule has 2 aromatic heterocycles. The lowest BCUT2D eigenvalue weighted by molar-refractivity contribution is -0.116. The van der Waals surface area contributed by atoms with E-state index in [2.05, 4.69) is 25.8 Å². The SMILES string of the molecule is CCc1cccc(C)c1NC(=O)Cn1nnc(-c2nc(-c3ccccc3)no2)c1N. The number of hydrogen-bond donors (Lipinski definition) is 2. The van der Waals surface area contributed by atoms with E-state index in [1.165, 1.54) is 4.68 Å². The zero-order valence-corrected chi connectivity index (χ0v) is 16.7. The number of benzene rings is 2. The van der Waals surface area contributed by atoms with Crippen molar-refractivity contribution in [2.24, 2.45) is 0 Å². The molecule has 4 rings (SSSR count). The van der Waals surface area contributed by atoms with Crippen LogP contribution in [0, 0.1) is 6.92 Å². The lowest BCUT2D eigenvalue weighted by Gasteiger charge is -2.13. The summed E-state index contributed by atoms with van der Waals surface area (Å²) < 4.78 is 6.59. The molecule has 0 bridgehead atoms. The summed E-state index contributed by atoms with van der Waals surface area (Å²) in [5, 5.41) is 14.9. The van der Waals surface area contributed by atoms with Gasteiger partial charge in [0.05, 0.1) is 0 Å². The summed E-state index contributed by atoms with van der Waals surface area (Å²) in [5.41, 5.74) is 10.1. The standard InChI is InChI=1S/C21H21N7O2/c1-3-14-11-7-8-13(2)17(14)23-16(29)12-28-19(22)18(25-27-28)21-24-20(26-30-21)15-9-5-4-6-10-15/h4-11H,3,12,22H2,1-2H3,(H,23,29). The van der Waals surface area contributed by atoms with Gasteiger partial charge in [0.25, 0.3) is 5.89 Å². The molecule has 0 saturated heterocycles. The highest BCUT2D eigenvalue weighted by molar-refractivity contribution is 5.92. The van der Waals surface area contributed by atoms with E-state index in [0.717, 1.165) is 28.8 Å². The van der Waals surface area contributed by atoms with Crippen LogP contribution in [0.15, 0.2) is 53.1 Å². The van der Waals surface area contributed by atoms with Crippen LogP contribution in [0.4, 0.5) is 11.5 Å². The van der Waals surface area contributed by atoms with E-state index in [-0.39, 0.29) is 29.9 Å². The molecule has 0 aliphatic heterocycles. The van der Waals surface area contributed by atoms with Gasteiger partial charge in [0, 0.05) is 11.3 Å². The first-order valence-corrected chi connectivity index (χ1v) is 9.53. The number of aryl methyl sites for hydroxylation is 2. The molecule has 0 radical (unpaired) electrons. The summed E-state index contributed by atoms with van der Waals surface area (Å²) >= 11 is 0. The third-order valence-electron chi connectivity index (χ3n) is 4.73. The van der Waals surface area contributed by atoms with Gasteiger partial charge >= 0.3 is 0 Å². The second kappa shape index (κ2) is 8.16. The molecule has 0 fully saturated rings. The number of hydrogen-bond acceptors (Lipinski definition) is 7. The first kappa shape index (κ1) is 19.3. The van der Waals surface area contributed by atoms with Gasteiger partial charge in [0.2, 0.25) is 11.7 Å². The highest BCUT2D eigenvalue weighted by Gasteiger charge is 2.20. The fraction of sp³-hybridized carbons (Fsp3) is 0.190. The fourth-order valence-corrected chi connectivity index (χ4v) is 3.13. The first-order valence-electron chi connectivity index (χ1n) is 9.53. The molecule has 0 unspecified atom stereocenters. The van der Waals surface area contributed by atoms with Crippen LogP contribution in [0.25, 0.3) is 23.0 Å². The van der Waals surface area contributed by atoms with E-state index < -0.39 is 0 Å². The van der Waals surface area contributed by atoms with E-state index in [4.69, 9.17) is 10.3 Å². The summed E-state index contributed by atoms with van der Waals surface area (Å²) in [7, 11) is 0. The van der Waals surface area contributed by atoms with Crippen LogP contribution < -0.4 is 11.1 Å². The number of carbonyl (C=O) groups excluding carboxylic acids is 1. The first-order chi connectivity index (χ1) is 14.6. The third kappa shape index (κ3) is 3.77. The number of nitrogen functional groups attached to an aromatic ring is 1. The molecule has 1 amide bonds. The Hall–Kier alpha value is -4.01. The van der Waals surface area contributed by atoms with Gasteiger partial charge in [0.15, 0.2) is 11.5 Å². The Morgan fingerprint density at radius 1 is 1.17 bits per heavy atom. The van der Waals surface area contributed by atoms with Gasteiger partial charge in [-0.2, -0.15) is 4.98 Å². The van der Waals surface area contributed by atoms with Crippen LogP contribution in [-0.4, -0.2) is 31.0 Å². The zero-order chi connectivity index (χ0) is 21.1. The monoisotopic (exact) mass is 403 g/mol. The minimum atomic E-state index is -0.252. The molecule has 9 nitrogen and oxygen atoms in total.